The second kappa shape index (κ2) is 7.08. The fourth-order valence-electron chi connectivity index (χ4n) is 2.76. The van der Waals surface area contributed by atoms with Crippen molar-refractivity contribution in [3.05, 3.63) is 29.8 Å². The molecule has 1 saturated carbocycles. The summed E-state index contributed by atoms with van der Waals surface area (Å²) < 4.78 is 27.6. The van der Waals surface area contributed by atoms with Crippen LogP contribution in [-0.2, 0) is 10.0 Å². The van der Waals surface area contributed by atoms with Crippen LogP contribution in [0.1, 0.15) is 31.7 Å². The van der Waals surface area contributed by atoms with E-state index in [9.17, 15) is 8.42 Å². The van der Waals surface area contributed by atoms with E-state index in [0.29, 0.717) is 23.9 Å². The van der Waals surface area contributed by atoms with Crippen molar-refractivity contribution >= 4 is 10.0 Å². The summed E-state index contributed by atoms with van der Waals surface area (Å²) in [5.41, 5.74) is 0.415. The first-order valence-corrected chi connectivity index (χ1v) is 8.71. The van der Waals surface area contributed by atoms with Crippen LogP contribution >= 0.6 is 0 Å². The Balaban J connectivity index is 2.15. The van der Waals surface area contributed by atoms with E-state index in [0.717, 1.165) is 6.42 Å². The van der Waals surface area contributed by atoms with Gasteiger partial charge in [0.25, 0.3) is 0 Å². The third kappa shape index (κ3) is 4.07. The molecule has 1 aliphatic carbocycles. The monoisotopic (exact) mass is 307 g/mol. The molecule has 0 spiro atoms. The van der Waals surface area contributed by atoms with Gasteiger partial charge in [0.15, 0.2) is 0 Å². The Hall–Kier alpha value is -1.35. The van der Waals surface area contributed by atoms with Crippen LogP contribution in [0.2, 0.25) is 0 Å². The molecule has 114 valence electrons. The summed E-state index contributed by atoms with van der Waals surface area (Å²) in [5.74, 6) is 6.16. The molecule has 2 rings (SSSR count). The van der Waals surface area contributed by atoms with Crippen LogP contribution in [0.4, 0.5) is 0 Å². The van der Waals surface area contributed by atoms with E-state index in [-0.39, 0.29) is 11.5 Å². The van der Waals surface area contributed by atoms with Crippen LogP contribution in [0, 0.1) is 23.7 Å². The lowest BCUT2D eigenvalue weighted by Crippen LogP contribution is -2.30. The largest absolute Gasteiger partial charge is 0.384 e. The van der Waals surface area contributed by atoms with Crippen LogP contribution in [0.15, 0.2) is 29.2 Å². The van der Waals surface area contributed by atoms with Crippen LogP contribution in [0.25, 0.3) is 0 Å². The molecule has 0 amide bonds. The topological polar surface area (TPSA) is 66.4 Å². The second-order valence-electron chi connectivity index (χ2n) is 5.48. The molecule has 0 radical (unpaired) electrons. The maximum absolute atomic E-state index is 12.4. The molecule has 0 saturated heterocycles. The van der Waals surface area contributed by atoms with Gasteiger partial charge in [0.05, 0.1) is 4.90 Å². The highest BCUT2D eigenvalue weighted by molar-refractivity contribution is 7.89. The molecule has 5 heteroatoms. The average molecular weight is 307 g/mol. The Morgan fingerprint density at radius 3 is 2.76 bits per heavy atom. The van der Waals surface area contributed by atoms with Crippen molar-refractivity contribution in [1.82, 2.24) is 4.72 Å². The minimum Gasteiger partial charge on any atom is -0.384 e. The lowest BCUT2D eigenvalue weighted by atomic mass is 9.99. The van der Waals surface area contributed by atoms with Crippen molar-refractivity contribution in [1.29, 1.82) is 0 Å². The van der Waals surface area contributed by atoms with Crippen LogP contribution in [0.3, 0.4) is 0 Å². The highest BCUT2D eigenvalue weighted by Gasteiger charge is 2.26. The zero-order valence-corrected chi connectivity index (χ0v) is 13.0. The van der Waals surface area contributed by atoms with Gasteiger partial charge in [0.2, 0.25) is 10.0 Å². The summed E-state index contributed by atoms with van der Waals surface area (Å²) in [6.07, 6.45) is 3.42. The molecular formula is C16H21NO3S. The molecule has 0 heterocycles. The summed E-state index contributed by atoms with van der Waals surface area (Å²) in [6.45, 7) is 2.36. The zero-order valence-electron chi connectivity index (χ0n) is 12.2. The number of aliphatic hydroxyl groups excluding tert-OH is 1. The normalized spacial score (nSPS) is 21.8. The van der Waals surface area contributed by atoms with E-state index >= 15 is 0 Å². The first-order valence-electron chi connectivity index (χ1n) is 7.23. The van der Waals surface area contributed by atoms with Crippen molar-refractivity contribution in [2.45, 2.75) is 31.1 Å². The number of hydrogen-bond donors (Lipinski definition) is 2. The van der Waals surface area contributed by atoms with Crippen molar-refractivity contribution < 1.29 is 13.5 Å². The molecule has 2 N–H and O–H groups in total. The quantitative estimate of drug-likeness (QED) is 0.833. The van der Waals surface area contributed by atoms with Gasteiger partial charge in [0, 0.05) is 12.1 Å². The SMILES string of the molecule is CC1CCCC1CNS(=O)(=O)c1ccccc1C#CCO. The number of benzene rings is 1. The van der Waals surface area contributed by atoms with E-state index in [2.05, 4.69) is 23.5 Å². The van der Waals surface area contributed by atoms with Gasteiger partial charge in [0.1, 0.15) is 6.61 Å². The number of hydrogen-bond acceptors (Lipinski definition) is 3. The molecule has 2 unspecified atom stereocenters. The van der Waals surface area contributed by atoms with Gasteiger partial charge < -0.3 is 5.11 Å². The van der Waals surface area contributed by atoms with Gasteiger partial charge in [-0.2, -0.15) is 0 Å². The standard InChI is InChI=1S/C16H21NO3S/c1-13-6-4-8-15(13)12-17-21(19,20)16-10-3-2-7-14(16)9-5-11-18/h2-3,7,10,13,15,17-18H,4,6,8,11-12H2,1H3. The first kappa shape index (κ1) is 16.0. The van der Waals surface area contributed by atoms with Crippen LogP contribution in [-0.4, -0.2) is 26.7 Å². The molecule has 1 fully saturated rings. The van der Waals surface area contributed by atoms with Gasteiger partial charge in [-0.15, -0.1) is 0 Å². The minimum absolute atomic E-state index is 0.177. The van der Waals surface area contributed by atoms with Gasteiger partial charge in [-0.1, -0.05) is 43.7 Å². The molecule has 1 aromatic carbocycles. The Bertz CT molecular complexity index is 643. The molecule has 1 aliphatic rings. The maximum atomic E-state index is 12.4. The van der Waals surface area contributed by atoms with Crippen molar-refractivity contribution in [3.8, 4) is 11.8 Å². The van der Waals surface area contributed by atoms with Crippen molar-refractivity contribution in [3.63, 3.8) is 0 Å². The zero-order chi connectivity index (χ0) is 15.3. The second-order valence-corrected chi connectivity index (χ2v) is 7.21. The molecule has 0 aromatic heterocycles. The predicted octanol–water partition coefficient (Wildman–Crippen LogP) is 1.74. The molecule has 21 heavy (non-hydrogen) atoms. The fraction of sp³-hybridized carbons (Fsp3) is 0.500. The number of rotatable bonds is 4. The Morgan fingerprint density at radius 2 is 2.10 bits per heavy atom. The smallest absolute Gasteiger partial charge is 0.241 e. The molecular weight excluding hydrogens is 286 g/mol. The predicted molar refractivity (Wildman–Crippen MR) is 82.1 cm³/mol. The summed E-state index contributed by atoms with van der Waals surface area (Å²) in [7, 11) is -3.57. The van der Waals surface area contributed by atoms with Crippen molar-refractivity contribution in [2.75, 3.05) is 13.2 Å². The molecule has 1 aromatic rings. The first-order chi connectivity index (χ1) is 10.0. The Labute approximate surface area is 126 Å². The Morgan fingerprint density at radius 1 is 1.33 bits per heavy atom. The lowest BCUT2D eigenvalue weighted by Gasteiger charge is -2.16. The summed E-state index contributed by atoms with van der Waals surface area (Å²) in [4.78, 5) is 0.177. The van der Waals surface area contributed by atoms with E-state index in [1.54, 1.807) is 24.3 Å². The number of nitrogens with one attached hydrogen (secondary N) is 1. The Kier molecular flexibility index (Phi) is 5.40. The number of aliphatic hydroxyl groups is 1. The van der Waals surface area contributed by atoms with Gasteiger partial charge in [-0.05, 0) is 30.4 Å². The highest BCUT2D eigenvalue weighted by Crippen LogP contribution is 2.30. The van der Waals surface area contributed by atoms with Crippen LogP contribution < -0.4 is 4.72 Å². The third-order valence-electron chi connectivity index (χ3n) is 4.05. The van der Waals surface area contributed by atoms with E-state index in [4.69, 9.17) is 5.11 Å². The van der Waals surface area contributed by atoms with Gasteiger partial charge in [-0.3, -0.25) is 0 Å². The summed E-state index contributed by atoms with van der Waals surface area (Å²) >= 11 is 0. The molecule has 0 bridgehead atoms. The van der Waals surface area contributed by atoms with Crippen molar-refractivity contribution in [2.24, 2.45) is 11.8 Å². The average Bonchev–Trinajstić information content (AvgIpc) is 2.89. The summed E-state index contributed by atoms with van der Waals surface area (Å²) in [5, 5.41) is 8.76. The van der Waals surface area contributed by atoms with E-state index in [1.807, 2.05) is 0 Å². The van der Waals surface area contributed by atoms with E-state index < -0.39 is 10.0 Å². The molecule has 0 aliphatic heterocycles. The van der Waals surface area contributed by atoms with Gasteiger partial charge >= 0.3 is 0 Å². The van der Waals surface area contributed by atoms with Gasteiger partial charge in [-0.25, -0.2) is 13.1 Å². The maximum Gasteiger partial charge on any atom is 0.241 e. The molecule has 4 nitrogen and oxygen atoms in total. The van der Waals surface area contributed by atoms with E-state index in [1.165, 1.54) is 12.8 Å². The fourth-order valence-corrected chi connectivity index (χ4v) is 4.01. The highest BCUT2D eigenvalue weighted by atomic mass is 32.2. The number of sulfonamides is 1. The van der Waals surface area contributed by atoms with Crippen LogP contribution in [0.5, 0.6) is 0 Å². The molecule has 2 atom stereocenters. The third-order valence-corrected chi connectivity index (χ3v) is 5.54. The summed E-state index contributed by atoms with van der Waals surface area (Å²) in [6, 6.07) is 6.60. The minimum atomic E-state index is -3.57. The lowest BCUT2D eigenvalue weighted by molar-refractivity contribution is 0.350.